The fourth-order valence-corrected chi connectivity index (χ4v) is 4.23. The van der Waals surface area contributed by atoms with Crippen LogP contribution in [0.15, 0.2) is 31.0 Å². The Bertz CT molecular complexity index is 702. The third-order valence-corrected chi connectivity index (χ3v) is 5.46. The Kier molecular flexibility index (Phi) is 4.02. The Morgan fingerprint density at radius 1 is 1.29 bits per heavy atom. The van der Waals surface area contributed by atoms with Crippen molar-refractivity contribution < 1.29 is 4.79 Å². The van der Waals surface area contributed by atoms with Crippen molar-refractivity contribution >= 4 is 11.6 Å². The van der Waals surface area contributed by atoms with E-state index in [-0.39, 0.29) is 17.9 Å². The number of amides is 1. The van der Waals surface area contributed by atoms with Crippen molar-refractivity contribution in [3.05, 3.63) is 31.0 Å². The highest BCUT2D eigenvalue weighted by Gasteiger charge is 2.40. The molecule has 2 fully saturated rings. The van der Waals surface area contributed by atoms with Crippen LogP contribution in [0.5, 0.6) is 0 Å². The Morgan fingerprint density at radius 3 is 2.79 bits per heavy atom. The van der Waals surface area contributed by atoms with Gasteiger partial charge in [0.15, 0.2) is 5.82 Å². The number of nitrogens with zero attached hydrogens (tertiary/aromatic N) is 4. The molecular weight excluding hydrogens is 304 g/mol. The molecule has 0 spiro atoms. The van der Waals surface area contributed by atoms with E-state index in [9.17, 15) is 4.79 Å². The smallest absolute Gasteiger partial charge is 0.227 e. The number of pyridine rings is 1. The Morgan fingerprint density at radius 2 is 2.08 bits per heavy atom. The van der Waals surface area contributed by atoms with Gasteiger partial charge in [-0.05, 0) is 49.7 Å². The summed E-state index contributed by atoms with van der Waals surface area (Å²) in [5, 5.41) is 7.14. The van der Waals surface area contributed by atoms with Crippen LogP contribution in [0.3, 0.4) is 0 Å². The second-order valence-electron chi connectivity index (χ2n) is 6.90. The van der Waals surface area contributed by atoms with E-state index in [1.165, 1.54) is 12.7 Å². The molecule has 2 unspecified atom stereocenters. The minimum atomic E-state index is 0.0314. The van der Waals surface area contributed by atoms with E-state index in [4.69, 9.17) is 5.73 Å². The SMILES string of the molecule is NC1C2CCCC1CC(C(=O)Nc1cccnc1-n1cncn1)C2. The molecule has 2 saturated carbocycles. The quantitative estimate of drug-likeness (QED) is 0.895. The predicted octanol–water partition coefficient (Wildman–Crippen LogP) is 1.75. The zero-order valence-corrected chi connectivity index (χ0v) is 13.5. The van der Waals surface area contributed by atoms with Crippen LogP contribution < -0.4 is 11.1 Å². The number of fused-ring (bicyclic) bond motifs is 2. The number of hydrogen-bond donors (Lipinski definition) is 2. The molecule has 24 heavy (non-hydrogen) atoms. The van der Waals surface area contributed by atoms with Crippen LogP contribution in [0, 0.1) is 17.8 Å². The van der Waals surface area contributed by atoms with E-state index in [1.807, 2.05) is 12.1 Å². The second-order valence-corrected chi connectivity index (χ2v) is 6.90. The molecule has 0 saturated heterocycles. The van der Waals surface area contributed by atoms with Gasteiger partial charge < -0.3 is 11.1 Å². The molecular formula is C17H22N6O. The zero-order chi connectivity index (χ0) is 16.5. The topological polar surface area (TPSA) is 98.7 Å². The van der Waals surface area contributed by atoms with E-state index < -0.39 is 0 Å². The first-order valence-corrected chi connectivity index (χ1v) is 8.59. The maximum Gasteiger partial charge on any atom is 0.227 e. The van der Waals surface area contributed by atoms with Crippen molar-refractivity contribution in [1.29, 1.82) is 0 Å². The maximum absolute atomic E-state index is 12.8. The number of hydrogen-bond acceptors (Lipinski definition) is 5. The van der Waals surface area contributed by atoms with Gasteiger partial charge in [0, 0.05) is 18.2 Å². The van der Waals surface area contributed by atoms with Crippen LogP contribution in [-0.4, -0.2) is 31.7 Å². The number of carbonyl (C=O) groups excluding carboxylic acids is 1. The molecule has 2 aliphatic rings. The van der Waals surface area contributed by atoms with Crippen LogP contribution in [0.25, 0.3) is 5.82 Å². The summed E-state index contributed by atoms with van der Waals surface area (Å²) >= 11 is 0. The summed E-state index contributed by atoms with van der Waals surface area (Å²) < 4.78 is 1.56. The van der Waals surface area contributed by atoms with Gasteiger partial charge in [0.25, 0.3) is 0 Å². The van der Waals surface area contributed by atoms with Crippen molar-refractivity contribution in [3.8, 4) is 5.82 Å². The van der Waals surface area contributed by atoms with Gasteiger partial charge in [-0.1, -0.05) is 6.42 Å². The lowest BCUT2D eigenvalue weighted by Gasteiger charge is -2.43. The van der Waals surface area contributed by atoms with Gasteiger partial charge in [-0.15, -0.1) is 0 Å². The van der Waals surface area contributed by atoms with Crippen molar-refractivity contribution in [3.63, 3.8) is 0 Å². The molecule has 0 radical (unpaired) electrons. The molecule has 2 atom stereocenters. The predicted molar refractivity (Wildman–Crippen MR) is 89.3 cm³/mol. The third-order valence-electron chi connectivity index (χ3n) is 5.46. The summed E-state index contributed by atoms with van der Waals surface area (Å²) in [5.41, 5.74) is 6.99. The molecule has 2 aromatic heterocycles. The van der Waals surface area contributed by atoms with Gasteiger partial charge in [0.05, 0.1) is 5.69 Å². The Hall–Kier alpha value is -2.28. The molecule has 0 aliphatic heterocycles. The molecule has 7 nitrogen and oxygen atoms in total. The van der Waals surface area contributed by atoms with Crippen LogP contribution in [0.1, 0.15) is 32.1 Å². The Balaban J connectivity index is 1.51. The average molecular weight is 326 g/mol. The number of nitrogens with one attached hydrogen (secondary N) is 1. The van der Waals surface area contributed by atoms with E-state index in [1.54, 1.807) is 17.2 Å². The van der Waals surface area contributed by atoms with Crippen LogP contribution in [0.4, 0.5) is 5.69 Å². The van der Waals surface area contributed by atoms with E-state index in [0.29, 0.717) is 23.3 Å². The van der Waals surface area contributed by atoms with E-state index in [2.05, 4.69) is 20.4 Å². The molecule has 1 amide bonds. The normalized spacial score (nSPS) is 29.2. The molecule has 2 bridgehead atoms. The monoisotopic (exact) mass is 326 g/mol. The molecule has 7 heteroatoms. The first kappa shape index (κ1) is 15.3. The lowest BCUT2D eigenvalue weighted by atomic mass is 9.65. The molecule has 3 N–H and O–H groups in total. The number of nitrogens with two attached hydrogens (primary N) is 1. The fraction of sp³-hybridized carbons (Fsp3) is 0.529. The summed E-state index contributed by atoms with van der Waals surface area (Å²) in [6.45, 7) is 0. The zero-order valence-electron chi connectivity index (χ0n) is 13.5. The van der Waals surface area contributed by atoms with Crippen molar-refractivity contribution in [2.75, 3.05) is 5.32 Å². The molecule has 2 aliphatic carbocycles. The number of aromatic nitrogens is 4. The molecule has 126 valence electrons. The highest BCUT2D eigenvalue weighted by Crippen LogP contribution is 2.42. The van der Waals surface area contributed by atoms with Crippen LogP contribution >= 0.6 is 0 Å². The average Bonchev–Trinajstić information content (AvgIpc) is 3.09. The summed E-state index contributed by atoms with van der Waals surface area (Å²) in [5.74, 6) is 1.64. The van der Waals surface area contributed by atoms with Gasteiger partial charge in [-0.3, -0.25) is 4.79 Å². The molecule has 4 rings (SSSR count). The lowest BCUT2D eigenvalue weighted by Crippen LogP contribution is -2.48. The van der Waals surface area contributed by atoms with Gasteiger partial charge in [-0.25, -0.2) is 14.6 Å². The lowest BCUT2D eigenvalue weighted by molar-refractivity contribution is -0.122. The van der Waals surface area contributed by atoms with Crippen molar-refractivity contribution in [1.82, 2.24) is 19.7 Å². The summed E-state index contributed by atoms with van der Waals surface area (Å²) in [7, 11) is 0. The molecule has 2 aromatic rings. The van der Waals surface area contributed by atoms with Gasteiger partial charge in [-0.2, -0.15) is 5.10 Å². The summed E-state index contributed by atoms with van der Waals surface area (Å²) in [6, 6.07) is 3.92. The maximum atomic E-state index is 12.8. The highest BCUT2D eigenvalue weighted by atomic mass is 16.1. The fourth-order valence-electron chi connectivity index (χ4n) is 4.23. The van der Waals surface area contributed by atoms with Gasteiger partial charge in [0.1, 0.15) is 12.7 Å². The minimum Gasteiger partial charge on any atom is -0.327 e. The third kappa shape index (κ3) is 2.80. The van der Waals surface area contributed by atoms with Crippen molar-refractivity contribution in [2.24, 2.45) is 23.5 Å². The van der Waals surface area contributed by atoms with Gasteiger partial charge >= 0.3 is 0 Å². The summed E-state index contributed by atoms with van der Waals surface area (Å²) in [4.78, 5) is 21.1. The van der Waals surface area contributed by atoms with E-state index >= 15 is 0 Å². The van der Waals surface area contributed by atoms with E-state index in [0.717, 1.165) is 25.7 Å². The highest BCUT2D eigenvalue weighted by molar-refractivity contribution is 5.94. The first-order valence-electron chi connectivity index (χ1n) is 8.59. The standard InChI is InChI=1S/C17H22N6O/c18-15-11-3-1-4-12(15)8-13(7-11)17(24)22-14-5-2-6-20-16(14)23-10-19-9-21-23/h2,5-6,9-13,15H,1,3-4,7-8,18H2,(H,22,24). The number of rotatable bonds is 3. The van der Waals surface area contributed by atoms with Crippen molar-refractivity contribution in [2.45, 2.75) is 38.1 Å². The first-order chi connectivity index (χ1) is 11.7. The molecule has 2 heterocycles. The Labute approximate surface area is 140 Å². The van der Waals surface area contributed by atoms with Gasteiger partial charge in [0.2, 0.25) is 5.91 Å². The van der Waals surface area contributed by atoms with Crippen LogP contribution in [-0.2, 0) is 4.79 Å². The minimum absolute atomic E-state index is 0.0314. The largest absolute Gasteiger partial charge is 0.327 e. The number of anilines is 1. The number of carbonyl (C=O) groups is 1. The summed E-state index contributed by atoms with van der Waals surface area (Å²) in [6.07, 6.45) is 10.0. The van der Waals surface area contributed by atoms with Crippen LogP contribution in [0.2, 0.25) is 0 Å². The second kappa shape index (κ2) is 6.32. The molecule has 0 aromatic carbocycles.